The summed E-state index contributed by atoms with van der Waals surface area (Å²) in [7, 11) is 0. The number of amides is 1. The van der Waals surface area contributed by atoms with Crippen molar-refractivity contribution in [3.05, 3.63) is 29.8 Å². The molecule has 0 aliphatic carbocycles. The molecule has 0 saturated carbocycles. The van der Waals surface area contributed by atoms with Crippen molar-refractivity contribution in [1.82, 2.24) is 5.32 Å². The molecule has 0 bridgehead atoms. The molecule has 0 aliphatic rings. The van der Waals surface area contributed by atoms with E-state index in [0.717, 1.165) is 24.3 Å². The molecule has 0 atom stereocenters. The molecule has 1 amide bonds. The third-order valence-electron chi connectivity index (χ3n) is 2.60. The minimum atomic E-state index is 0.0528. The van der Waals surface area contributed by atoms with E-state index in [2.05, 4.69) is 5.32 Å². The summed E-state index contributed by atoms with van der Waals surface area (Å²) in [5.74, 6) is 0.0528. The summed E-state index contributed by atoms with van der Waals surface area (Å²) in [5.41, 5.74) is 7.56. The van der Waals surface area contributed by atoms with E-state index in [1.807, 2.05) is 31.2 Å². The van der Waals surface area contributed by atoms with Crippen LogP contribution in [0.15, 0.2) is 24.3 Å². The van der Waals surface area contributed by atoms with Crippen LogP contribution < -0.4 is 16.0 Å². The number of carbonyl (C=O) groups is 1. The Hall–Kier alpha value is -1.39. The Morgan fingerprint density at radius 2 is 2.24 bits per heavy atom. The molecule has 0 aromatic heterocycles. The molecule has 0 spiro atoms. The van der Waals surface area contributed by atoms with E-state index in [1.54, 1.807) is 11.8 Å². The SMILES string of the molecule is CCNCCN(C(C)=O)c1cccc(CN)c1. The maximum absolute atomic E-state index is 11.6. The van der Waals surface area contributed by atoms with Crippen molar-refractivity contribution in [3.63, 3.8) is 0 Å². The highest BCUT2D eigenvalue weighted by Crippen LogP contribution is 2.15. The van der Waals surface area contributed by atoms with Gasteiger partial charge in [-0.2, -0.15) is 0 Å². The van der Waals surface area contributed by atoms with Crippen molar-refractivity contribution in [1.29, 1.82) is 0 Å². The maximum atomic E-state index is 11.6. The normalized spacial score (nSPS) is 10.3. The smallest absolute Gasteiger partial charge is 0.223 e. The van der Waals surface area contributed by atoms with E-state index in [4.69, 9.17) is 5.73 Å². The molecule has 0 fully saturated rings. The average molecular weight is 235 g/mol. The highest BCUT2D eigenvalue weighted by molar-refractivity contribution is 5.91. The summed E-state index contributed by atoms with van der Waals surface area (Å²) in [5, 5.41) is 3.21. The number of nitrogens with two attached hydrogens (primary N) is 1. The van der Waals surface area contributed by atoms with Crippen LogP contribution in [0, 0.1) is 0 Å². The van der Waals surface area contributed by atoms with Crippen LogP contribution in [-0.2, 0) is 11.3 Å². The first-order valence-corrected chi connectivity index (χ1v) is 5.96. The summed E-state index contributed by atoms with van der Waals surface area (Å²) in [4.78, 5) is 13.4. The number of nitrogens with one attached hydrogen (secondary N) is 1. The van der Waals surface area contributed by atoms with Gasteiger partial charge in [0.2, 0.25) is 5.91 Å². The van der Waals surface area contributed by atoms with Crippen LogP contribution in [0.3, 0.4) is 0 Å². The van der Waals surface area contributed by atoms with E-state index in [-0.39, 0.29) is 5.91 Å². The molecule has 0 saturated heterocycles. The monoisotopic (exact) mass is 235 g/mol. The highest BCUT2D eigenvalue weighted by atomic mass is 16.2. The lowest BCUT2D eigenvalue weighted by atomic mass is 10.2. The number of likely N-dealkylation sites (N-methyl/N-ethyl adjacent to an activating group) is 1. The lowest BCUT2D eigenvalue weighted by Crippen LogP contribution is -2.35. The van der Waals surface area contributed by atoms with Crippen LogP contribution in [-0.4, -0.2) is 25.5 Å². The van der Waals surface area contributed by atoms with Crippen molar-refractivity contribution >= 4 is 11.6 Å². The fourth-order valence-electron chi connectivity index (χ4n) is 1.69. The Morgan fingerprint density at radius 1 is 1.47 bits per heavy atom. The molecule has 4 nitrogen and oxygen atoms in total. The Morgan fingerprint density at radius 3 is 2.82 bits per heavy atom. The average Bonchev–Trinajstić information content (AvgIpc) is 2.34. The van der Waals surface area contributed by atoms with Gasteiger partial charge in [0.15, 0.2) is 0 Å². The van der Waals surface area contributed by atoms with Gasteiger partial charge in [0.25, 0.3) is 0 Å². The first kappa shape index (κ1) is 13.7. The molecule has 0 heterocycles. The number of benzene rings is 1. The van der Waals surface area contributed by atoms with Gasteiger partial charge in [0.1, 0.15) is 0 Å². The summed E-state index contributed by atoms with van der Waals surface area (Å²) >= 11 is 0. The minimum absolute atomic E-state index is 0.0528. The van der Waals surface area contributed by atoms with Gasteiger partial charge in [0, 0.05) is 32.2 Å². The molecular formula is C13H21N3O. The minimum Gasteiger partial charge on any atom is -0.326 e. The second kappa shape index (κ2) is 7.04. The van der Waals surface area contributed by atoms with Crippen LogP contribution in [0.4, 0.5) is 5.69 Å². The number of anilines is 1. The van der Waals surface area contributed by atoms with Gasteiger partial charge in [-0.15, -0.1) is 0 Å². The Labute approximate surface area is 103 Å². The van der Waals surface area contributed by atoms with Crippen molar-refractivity contribution < 1.29 is 4.79 Å². The molecule has 1 aromatic rings. The van der Waals surface area contributed by atoms with E-state index in [1.165, 1.54) is 0 Å². The second-order valence-electron chi connectivity index (χ2n) is 3.90. The number of hydrogen-bond donors (Lipinski definition) is 2. The summed E-state index contributed by atoms with van der Waals surface area (Å²) in [6.45, 7) is 6.51. The second-order valence-corrected chi connectivity index (χ2v) is 3.90. The zero-order valence-electron chi connectivity index (χ0n) is 10.6. The topological polar surface area (TPSA) is 58.4 Å². The molecule has 0 radical (unpaired) electrons. The Kier molecular flexibility index (Phi) is 5.66. The van der Waals surface area contributed by atoms with Gasteiger partial charge in [-0.05, 0) is 24.2 Å². The molecule has 3 N–H and O–H groups in total. The van der Waals surface area contributed by atoms with Crippen LogP contribution >= 0.6 is 0 Å². The number of carbonyl (C=O) groups excluding carboxylic acids is 1. The zero-order chi connectivity index (χ0) is 12.7. The number of nitrogens with zero attached hydrogens (tertiary/aromatic N) is 1. The fraction of sp³-hybridized carbons (Fsp3) is 0.462. The summed E-state index contributed by atoms with van der Waals surface area (Å²) < 4.78 is 0. The van der Waals surface area contributed by atoms with Crippen molar-refractivity contribution in [3.8, 4) is 0 Å². The largest absolute Gasteiger partial charge is 0.326 e. The van der Waals surface area contributed by atoms with Gasteiger partial charge in [-0.25, -0.2) is 0 Å². The van der Waals surface area contributed by atoms with Crippen molar-refractivity contribution in [2.45, 2.75) is 20.4 Å². The maximum Gasteiger partial charge on any atom is 0.223 e. The predicted octanol–water partition coefficient (Wildman–Crippen LogP) is 1.11. The highest BCUT2D eigenvalue weighted by Gasteiger charge is 2.10. The fourth-order valence-corrected chi connectivity index (χ4v) is 1.69. The predicted molar refractivity (Wildman–Crippen MR) is 70.9 cm³/mol. The Bertz CT molecular complexity index is 365. The van der Waals surface area contributed by atoms with Crippen LogP contribution in [0.5, 0.6) is 0 Å². The summed E-state index contributed by atoms with van der Waals surface area (Å²) in [6.07, 6.45) is 0. The quantitative estimate of drug-likeness (QED) is 0.726. The number of hydrogen-bond acceptors (Lipinski definition) is 3. The number of rotatable bonds is 6. The van der Waals surface area contributed by atoms with Gasteiger partial charge in [-0.1, -0.05) is 19.1 Å². The summed E-state index contributed by atoms with van der Waals surface area (Å²) in [6, 6.07) is 7.80. The standard InChI is InChI=1S/C13H21N3O/c1-3-15-7-8-16(11(2)17)13-6-4-5-12(9-13)10-14/h4-6,9,15H,3,7-8,10,14H2,1-2H3. The molecule has 1 aromatic carbocycles. The molecule has 0 unspecified atom stereocenters. The van der Waals surface area contributed by atoms with E-state index in [9.17, 15) is 4.79 Å². The van der Waals surface area contributed by atoms with E-state index >= 15 is 0 Å². The van der Waals surface area contributed by atoms with Crippen molar-refractivity contribution in [2.75, 3.05) is 24.5 Å². The molecule has 17 heavy (non-hydrogen) atoms. The molecule has 4 heteroatoms. The lowest BCUT2D eigenvalue weighted by Gasteiger charge is -2.21. The van der Waals surface area contributed by atoms with E-state index in [0.29, 0.717) is 13.1 Å². The van der Waals surface area contributed by atoms with Gasteiger partial charge in [-0.3, -0.25) is 4.79 Å². The van der Waals surface area contributed by atoms with Crippen LogP contribution in [0.2, 0.25) is 0 Å². The van der Waals surface area contributed by atoms with Gasteiger partial charge >= 0.3 is 0 Å². The molecule has 94 valence electrons. The third kappa shape index (κ3) is 4.17. The molecular weight excluding hydrogens is 214 g/mol. The first-order valence-electron chi connectivity index (χ1n) is 5.96. The van der Waals surface area contributed by atoms with Crippen LogP contribution in [0.25, 0.3) is 0 Å². The van der Waals surface area contributed by atoms with Gasteiger partial charge < -0.3 is 16.0 Å². The van der Waals surface area contributed by atoms with Crippen molar-refractivity contribution in [2.24, 2.45) is 5.73 Å². The molecule has 0 aliphatic heterocycles. The van der Waals surface area contributed by atoms with Gasteiger partial charge in [0.05, 0.1) is 0 Å². The third-order valence-corrected chi connectivity index (χ3v) is 2.60. The van der Waals surface area contributed by atoms with E-state index < -0.39 is 0 Å². The first-order chi connectivity index (χ1) is 8.19. The van der Waals surface area contributed by atoms with Crippen LogP contribution in [0.1, 0.15) is 19.4 Å². The molecule has 1 rings (SSSR count). The Balaban J connectivity index is 2.78. The zero-order valence-corrected chi connectivity index (χ0v) is 10.6. The lowest BCUT2D eigenvalue weighted by molar-refractivity contribution is -0.116.